The number of carbonyl (C=O) groups is 2. The van der Waals surface area contributed by atoms with Crippen LogP contribution in [0.15, 0.2) is 72.8 Å². The molecule has 0 saturated carbocycles. The number of rotatable bonds is 4. The topological polar surface area (TPSA) is 96.0 Å². The molecule has 0 bridgehead atoms. The van der Waals surface area contributed by atoms with Crippen LogP contribution in [0.25, 0.3) is 44.1 Å². The van der Waals surface area contributed by atoms with Crippen LogP contribution in [0.3, 0.4) is 0 Å². The van der Waals surface area contributed by atoms with Gasteiger partial charge in [-0.15, -0.1) is 0 Å². The van der Waals surface area contributed by atoms with E-state index in [-0.39, 0.29) is 11.5 Å². The summed E-state index contributed by atoms with van der Waals surface area (Å²) in [5.74, 6) is -2.09. The molecule has 0 aliphatic carbocycles. The molecule has 0 fully saturated rings. The van der Waals surface area contributed by atoms with Gasteiger partial charge in [0.1, 0.15) is 23.0 Å². The molecule has 242 valence electrons. The third-order valence-corrected chi connectivity index (χ3v) is 8.41. The quantitative estimate of drug-likeness (QED) is 0.185. The number of fused-ring (bicyclic) bond motifs is 2. The Balaban J connectivity index is 0.000000186. The lowest BCUT2D eigenvalue weighted by molar-refractivity contribution is -0.137. The van der Waals surface area contributed by atoms with Crippen molar-refractivity contribution in [2.45, 2.75) is 20.0 Å². The van der Waals surface area contributed by atoms with Crippen LogP contribution in [-0.2, 0) is 20.3 Å². The van der Waals surface area contributed by atoms with E-state index >= 15 is 0 Å². The molecule has 0 spiro atoms. The van der Waals surface area contributed by atoms with Crippen LogP contribution in [0.2, 0.25) is 5.02 Å². The Bertz CT molecular complexity index is 2200. The lowest BCUT2D eigenvalue weighted by Crippen LogP contribution is -2.16. The van der Waals surface area contributed by atoms with Gasteiger partial charge in [-0.2, -0.15) is 13.2 Å². The van der Waals surface area contributed by atoms with E-state index in [4.69, 9.17) is 23.1 Å². The number of hydrogen-bond donors (Lipinski definition) is 2. The van der Waals surface area contributed by atoms with Crippen LogP contribution in [0.1, 0.15) is 37.7 Å². The molecule has 2 amide bonds. The highest BCUT2D eigenvalue weighted by molar-refractivity contribution is 6.30. The molecule has 0 saturated heterocycles. The number of benzene rings is 4. The molecule has 0 aliphatic rings. The first-order valence-corrected chi connectivity index (χ1v) is 14.5. The zero-order valence-electron chi connectivity index (χ0n) is 25.6. The number of nitrogens with two attached hydrogens (primary N) is 2. The van der Waals surface area contributed by atoms with E-state index in [1.165, 1.54) is 36.4 Å². The molecule has 2 aromatic heterocycles. The standard InChI is InChI=1S/C18H14F4N2O.C17H14ClFN2O/c1-9-13-7-12(19)8-14(16(13)24(2)15(9)17(23)25)10-3-5-11(6-4-10)18(20,21)22;1-9-13-7-12(19)8-14(10-3-5-11(18)6-4-10)16(13)21(2)15(9)17(20)22/h3-8H,1-2H3,(H2,23,25);3-8H,1-2H3,(H2,20,22). The van der Waals surface area contributed by atoms with E-state index in [2.05, 4.69) is 0 Å². The van der Waals surface area contributed by atoms with Crippen LogP contribution in [0.4, 0.5) is 22.0 Å². The fourth-order valence-electron chi connectivity index (χ4n) is 6.08. The van der Waals surface area contributed by atoms with Gasteiger partial charge in [-0.1, -0.05) is 35.9 Å². The zero-order chi connectivity index (χ0) is 34.5. The minimum Gasteiger partial charge on any atom is -0.364 e. The Morgan fingerprint density at radius 1 is 0.660 bits per heavy atom. The number of hydrogen-bond acceptors (Lipinski definition) is 2. The second kappa shape index (κ2) is 12.2. The van der Waals surface area contributed by atoms with Gasteiger partial charge in [0.05, 0.1) is 16.6 Å². The van der Waals surface area contributed by atoms with Crippen molar-refractivity contribution in [2.24, 2.45) is 25.6 Å². The lowest BCUT2D eigenvalue weighted by atomic mass is 10.00. The summed E-state index contributed by atoms with van der Waals surface area (Å²) in [6, 6.07) is 17.0. The van der Waals surface area contributed by atoms with Crippen molar-refractivity contribution in [1.29, 1.82) is 0 Å². The van der Waals surface area contributed by atoms with E-state index < -0.39 is 29.4 Å². The molecule has 12 heteroatoms. The summed E-state index contributed by atoms with van der Waals surface area (Å²) in [6.45, 7) is 3.42. The molecular formula is C35H28ClF5N4O2. The summed E-state index contributed by atoms with van der Waals surface area (Å²) in [5.41, 5.74) is 15.5. The number of aromatic nitrogens is 2. The lowest BCUT2D eigenvalue weighted by Gasteiger charge is -2.10. The Hall–Kier alpha value is -5.16. The molecular weight excluding hydrogens is 639 g/mol. The maximum Gasteiger partial charge on any atom is 0.416 e. The molecule has 6 nitrogen and oxygen atoms in total. The average molecular weight is 667 g/mol. The Labute approximate surface area is 270 Å². The first-order chi connectivity index (χ1) is 22.0. The monoisotopic (exact) mass is 666 g/mol. The van der Waals surface area contributed by atoms with E-state index in [0.29, 0.717) is 54.8 Å². The second-order valence-corrected chi connectivity index (χ2v) is 11.5. The normalized spacial score (nSPS) is 11.5. The summed E-state index contributed by atoms with van der Waals surface area (Å²) >= 11 is 5.91. The molecule has 0 radical (unpaired) electrons. The Kier molecular flexibility index (Phi) is 8.63. The number of alkyl halides is 3. The van der Waals surface area contributed by atoms with Crippen molar-refractivity contribution >= 4 is 45.2 Å². The van der Waals surface area contributed by atoms with Crippen LogP contribution < -0.4 is 11.5 Å². The predicted octanol–water partition coefficient (Wildman–Crippen LogP) is 8.46. The summed E-state index contributed by atoms with van der Waals surface area (Å²) in [6.07, 6.45) is -4.45. The van der Waals surface area contributed by atoms with Gasteiger partial charge >= 0.3 is 6.18 Å². The number of primary amides is 2. The largest absolute Gasteiger partial charge is 0.416 e. The van der Waals surface area contributed by atoms with E-state index in [9.17, 15) is 31.5 Å². The SMILES string of the molecule is Cc1c(C(N)=O)n(C)c2c(-c3ccc(C(F)(F)F)cc3)cc(F)cc12.Cc1c(C(N)=O)n(C)c2c(-c3ccc(Cl)cc3)cc(F)cc12. The Morgan fingerprint density at radius 3 is 1.36 bits per heavy atom. The second-order valence-electron chi connectivity index (χ2n) is 11.1. The van der Waals surface area contributed by atoms with Gasteiger partial charge in [-0.25, -0.2) is 8.78 Å². The maximum absolute atomic E-state index is 14.1. The number of carbonyl (C=O) groups excluding carboxylic acids is 2. The summed E-state index contributed by atoms with van der Waals surface area (Å²) in [5, 5.41) is 1.78. The van der Waals surface area contributed by atoms with Crippen molar-refractivity contribution in [1.82, 2.24) is 9.13 Å². The van der Waals surface area contributed by atoms with Crippen LogP contribution >= 0.6 is 11.6 Å². The van der Waals surface area contributed by atoms with Crippen molar-refractivity contribution in [3.05, 3.63) is 118 Å². The molecule has 0 atom stereocenters. The van der Waals surface area contributed by atoms with Crippen molar-refractivity contribution in [3.8, 4) is 22.3 Å². The highest BCUT2D eigenvalue weighted by Crippen LogP contribution is 2.37. The third kappa shape index (κ3) is 6.06. The van der Waals surface area contributed by atoms with Gasteiger partial charge in [0.2, 0.25) is 0 Å². The van der Waals surface area contributed by atoms with E-state index in [0.717, 1.165) is 23.2 Å². The van der Waals surface area contributed by atoms with E-state index in [1.54, 1.807) is 49.2 Å². The molecule has 6 rings (SSSR count). The van der Waals surface area contributed by atoms with Crippen molar-refractivity contribution < 1.29 is 31.5 Å². The molecule has 4 N–H and O–H groups in total. The summed E-state index contributed by atoms with van der Waals surface area (Å²) < 4.78 is 69.6. The molecule has 0 unspecified atom stereocenters. The van der Waals surface area contributed by atoms with Gasteiger partial charge in [0, 0.05) is 41.0 Å². The van der Waals surface area contributed by atoms with Gasteiger partial charge in [-0.3, -0.25) is 9.59 Å². The average Bonchev–Trinajstić information content (AvgIpc) is 3.40. The highest BCUT2D eigenvalue weighted by atomic mass is 35.5. The van der Waals surface area contributed by atoms with Crippen molar-refractivity contribution in [2.75, 3.05) is 0 Å². The smallest absolute Gasteiger partial charge is 0.364 e. The molecule has 4 aromatic carbocycles. The molecule has 0 aliphatic heterocycles. The van der Waals surface area contributed by atoms with Crippen LogP contribution in [0.5, 0.6) is 0 Å². The summed E-state index contributed by atoms with van der Waals surface area (Å²) in [4.78, 5) is 23.4. The first-order valence-electron chi connectivity index (χ1n) is 14.1. The van der Waals surface area contributed by atoms with Crippen LogP contribution in [0, 0.1) is 25.5 Å². The van der Waals surface area contributed by atoms with Gasteiger partial charge < -0.3 is 20.6 Å². The number of nitrogens with zero attached hydrogens (tertiary/aromatic N) is 2. The molecule has 6 aromatic rings. The number of amides is 2. The minimum absolute atomic E-state index is 0.230. The predicted molar refractivity (Wildman–Crippen MR) is 173 cm³/mol. The number of halogens is 6. The third-order valence-electron chi connectivity index (χ3n) is 8.15. The first kappa shape index (κ1) is 33.2. The fourth-order valence-corrected chi connectivity index (χ4v) is 6.21. The van der Waals surface area contributed by atoms with Gasteiger partial charge in [0.25, 0.3) is 11.8 Å². The number of aryl methyl sites for hydroxylation is 4. The van der Waals surface area contributed by atoms with Crippen LogP contribution in [-0.4, -0.2) is 20.9 Å². The summed E-state index contributed by atoms with van der Waals surface area (Å²) in [7, 11) is 3.37. The van der Waals surface area contributed by atoms with Crippen molar-refractivity contribution in [3.63, 3.8) is 0 Å². The molecule has 2 heterocycles. The van der Waals surface area contributed by atoms with Gasteiger partial charge in [-0.05, 0) is 84.6 Å². The van der Waals surface area contributed by atoms with E-state index in [1.807, 2.05) is 12.1 Å². The van der Waals surface area contributed by atoms with Gasteiger partial charge in [0.15, 0.2) is 0 Å². The fraction of sp³-hybridized carbons (Fsp3) is 0.143. The highest BCUT2D eigenvalue weighted by Gasteiger charge is 2.30. The molecule has 47 heavy (non-hydrogen) atoms. The zero-order valence-corrected chi connectivity index (χ0v) is 26.3. The Morgan fingerprint density at radius 2 is 1.02 bits per heavy atom. The minimum atomic E-state index is -4.45. The maximum atomic E-state index is 14.1.